The molecule has 1 aliphatic rings. The third-order valence-electron chi connectivity index (χ3n) is 3.77. The molecule has 0 bridgehead atoms. The zero-order valence-corrected chi connectivity index (χ0v) is 11.9. The number of hydrogen-bond donors (Lipinski definition) is 2. The number of likely N-dealkylation sites (tertiary alicyclic amines) is 1. The van der Waals surface area contributed by atoms with Gasteiger partial charge in [0.2, 0.25) is 0 Å². The van der Waals surface area contributed by atoms with Crippen molar-refractivity contribution in [1.29, 1.82) is 0 Å². The van der Waals surface area contributed by atoms with E-state index in [1.54, 1.807) is 7.05 Å². The number of nitrogens with zero attached hydrogens (tertiary/aromatic N) is 2. The molecule has 110 valence electrons. The maximum absolute atomic E-state index is 14.0. The number of nitrogens with one attached hydrogen (secondary N) is 2. The summed E-state index contributed by atoms with van der Waals surface area (Å²) in [5, 5.41) is 5.45. The fourth-order valence-corrected chi connectivity index (χ4v) is 2.64. The van der Waals surface area contributed by atoms with Gasteiger partial charge < -0.3 is 10.6 Å². The first-order valence-electron chi connectivity index (χ1n) is 7.01. The van der Waals surface area contributed by atoms with Crippen LogP contribution in [0.2, 0.25) is 0 Å². The normalized spacial score (nSPS) is 19.1. The topological polar surface area (TPSA) is 57.3 Å². The van der Waals surface area contributed by atoms with E-state index in [0.717, 1.165) is 25.9 Å². The minimum Gasteiger partial charge on any atom is -0.371 e. The molecule has 2 N–H and O–H groups in total. The Labute approximate surface area is 118 Å². The van der Waals surface area contributed by atoms with E-state index in [4.69, 9.17) is 0 Å². The molecule has 0 radical (unpaired) electrons. The molecule has 0 aromatic carbocycles. The van der Waals surface area contributed by atoms with Crippen molar-refractivity contribution in [3.63, 3.8) is 0 Å². The van der Waals surface area contributed by atoms with Crippen LogP contribution < -0.4 is 10.6 Å². The Morgan fingerprint density at radius 1 is 1.60 bits per heavy atom. The van der Waals surface area contributed by atoms with Gasteiger partial charge in [-0.05, 0) is 32.0 Å². The number of hydrogen-bond acceptors (Lipinski definition) is 4. The molecule has 1 aromatic heterocycles. The van der Waals surface area contributed by atoms with E-state index < -0.39 is 5.82 Å². The standard InChI is InChI=1S/C14H21FN4O/c1-3-19-8-4-5-10(19)9-18-14(20)11-6-7-17-13(16-2)12(11)15/h6-7,10H,3-5,8-9H2,1-2H3,(H,16,17)(H,18,20). The lowest BCUT2D eigenvalue weighted by Gasteiger charge is -2.22. The maximum Gasteiger partial charge on any atom is 0.254 e. The Bertz CT molecular complexity index is 480. The van der Waals surface area contributed by atoms with Crippen molar-refractivity contribution in [3.8, 4) is 0 Å². The monoisotopic (exact) mass is 280 g/mol. The van der Waals surface area contributed by atoms with E-state index in [1.807, 2.05) is 0 Å². The largest absolute Gasteiger partial charge is 0.371 e. The van der Waals surface area contributed by atoms with Gasteiger partial charge in [0.15, 0.2) is 11.6 Å². The summed E-state index contributed by atoms with van der Waals surface area (Å²) in [4.78, 5) is 18.2. The SMILES string of the molecule is CCN1CCCC1CNC(=O)c1ccnc(NC)c1F. The summed E-state index contributed by atoms with van der Waals surface area (Å²) >= 11 is 0. The molecular weight excluding hydrogens is 259 g/mol. The number of carbonyl (C=O) groups excluding carboxylic acids is 1. The van der Waals surface area contributed by atoms with E-state index in [1.165, 1.54) is 12.3 Å². The van der Waals surface area contributed by atoms with Gasteiger partial charge in [0.25, 0.3) is 5.91 Å². The van der Waals surface area contributed by atoms with Gasteiger partial charge >= 0.3 is 0 Å². The lowest BCUT2D eigenvalue weighted by Crippen LogP contribution is -2.40. The van der Waals surface area contributed by atoms with E-state index >= 15 is 0 Å². The average molecular weight is 280 g/mol. The first kappa shape index (κ1) is 14.7. The van der Waals surface area contributed by atoms with Crippen LogP contribution in [-0.4, -0.2) is 48.5 Å². The quantitative estimate of drug-likeness (QED) is 0.857. The van der Waals surface area contributed by atoms with Crippen LogP contribution >= 0.6 is 0 Å². The molecule has 1 saturated heterocycles. The molecule has 2 rings (SSSR count). The molecule has 1 atom stereocenters. The molecule has 1 aromatic rings. The van der Waals surface area contributed by atoms with E-state index in [9.17, 15) is 9.18 Å². The number of anilines is 1. The van der Waals surface area contributed by atoms with Crippen molar-refractivity contribution in [2.75, 3.05) is 32.0 Å². The highest BCUT2D eigenvalue weighted by atomic mass is 19.1. The van der Waals surface area contributed by atoms with Crippen LogP contribution in [0.1, 0.15) is 30.1 Å². The molecule has 1 unspecified atom stereocenters. The van der Waals surface area contributed by atoms with Crippen LogP contribution in [-0.2, 0) is 0 Å². The zero-order chi connectivity index (χ0) is 14.5. The minimum atomic E-state index is -0.605. The second-order valence-electron chi connectivity index (χ2n) is 4.91. The van der Waals surface area contributed by atoms with Crippen LogP contribution in [0.4, 0.5) is 10.2 Å². The van der Waals surface area contributed by atoms with Gasteiger partial charge in [0.05, 0.1) is 5.56 Å². The van der Waals surface area contributed by atoms with Crippen molar-refractivity contribution < 1.29 is 9.18 Å². The Morgan fingerprint density at radius 2 is 2.40 bits per heavy atom. The van der Waals surface area contributed by atoms with Crippen LogP contribution in [0.15, 0.2) is 12.3 Å². The predicted molar refractivity (Wildman–Crippen MR) is 76.3 cm³/mol. The summed E-state index contributed by atoms with van der Waals surface area (Å²) in [5.74, 6) is -0.899. The van der Waals surface area contributed by atoms with E-state index in [2.05, 4.69) is 27.4 Å². The lowest BCUT2D eigenvalue weighted by molar-refractivity contribution is 0.0937. The first-order valence-corrected chi connectivity index (χ1v) is 7.01. The highest BCUT2D eigenvalue weighted by molar-refractivity contribution is 5.95. The molecule has 0 aliphatic carbocycles. The van der Waals surface area contributed by atoms with Gasteiger partial charge in [0.1, 0.15) is 0 Å². The van der Waals surface area contributed by atoms with Crippen LogP contribution in [0.25, 0.3) is 0 Å². The third-order valence-corrected chi connectivity index (χ3v) is 3.77. The fraction of sp³-hybridized carbons (Fsp3) is 0.571. The molecular formula is C14H21FN4O. The molecule has 0 saturated carbocycles. The van der Waals surface area contributed by atoms with Gasteiger partial charge in [0, 0.05) is 25.8 Å². The van der Waals surface area contributed by atoms with E-state index in [0.29, 0.717) is 12.6 Å². The van der Waals surface area contributed by atoms with Crippen LogP contribution in [0.3, 0.4) is 0 Å². The number of likely N-dealkylation sites (N-methyl/N-ethyl adjacent to an activating group) is 1. The minimum absolute atomic E-state index is 0.0328. The highest BCUT2D eigenvalue weighted by Crippen LogP contribution is 2.17. The van der Waals surface area contributed by atoms with Gasteiger partial charge in [-0.25, -0.2) is 9.37 Å². The molecule has 6 heteroatoms. The van der Waals surface area contributed by atoms with Crippen molar-refractivity contribution in [1.82, 2.24) is 15.2 Å². The molecule has 1 fully saturated rings. The summed E-state index contributed by atoms with van der Waals surface area (Å²) in [6, 6.07) is 1.76. The predicted octanol–water partition coefficient (Wildman–Crippen LogP) is 1.48. The number of carbonyl (C=O) groups is 1. The Balaban J connectivity index is 1.98. The van der Waals surface area contributed by atoms with Gasteiger partial charge in [-0.1, -0.05) is 6.92 Å². The van der Waals surface area contributed by atoms with Gasteiger partial charge in [-0.3, -0.25) is 9.69 Å². The molecule has 0 spiro atoms. The zero-order valence-electron chi connectivity index (χ0n) is 11.9. The second kappa shape index (κ2) is 6.65. The highest BCUT2D eigenvalue weighted by Gasteiger charge is 2.24. The molecule has 2 heterocycles. The van der Waals surface area contributed by atoms with Crippen molar-refractivity contribution >= 4 is 11.7 Å². The first-order chi connectivity index (χ1) is 9.67. The molecule has 5 nitrogen and oxygen atoms in total. The molecule has 1 amide bonds. The smallest absolute Gasteiger partial charge is 0.254 e. The Morgan fingerprint density at radius 3 is 3.10 bits per heavy atom. The summed E-state index contributed by atoms with van der Waals surface area (Å²) in [7, 11) is 1.57. The molecule has 1 aliphatic heterocycles. The number of amides is 1. The van der Waals surface area contributed by atoms with Gasteiger partial charge in [-0.15, -0.1) is 0 Å². The van der Waals surface area contributed by atoms with Crippen molar-refractivity contribution in [3.05, 3.63) is 23.6 Å². The maximum atomic E-state index is 14.0. The number of pyridine rings is 1. The Kier molecular flexibility index (Phi) is 4.89. The molecule has 20 heavy (non-hydrogen) atoms. The summed E-state index contributed by atoms with van der Waals surface area (Å²) in [6.45, 7) is 4.73. The van der Waals surface area contributed by atoms with Crippen molar-refractivity contribution in [2.45, 2.75) is 25.8 Å². The summed E-state index contributed by atoms with van der Waals surface area (Å²) in [5.41, 5.74) is 0.0328. The number of halogens is 1. The van der Waals surface area contributed by atoms with Crippen LogP contribution in [0, 0.1) is 5.82 Å². The fourth-order valence-electron chi connectivity index (χ4n) is 2.64. The summed E-state index contributed by atoms with van der Waals surface area (Å²) in [6.07, 6.45) is 3.66. The third kappa shape index (κ3) is 3.07. The second-order valence-corrected chi connectivity index (χ2v) is 4.91. The average Bonchev–Trinajstić information content (AvgIpc) is 2.92. The summed E-state index contributed by atoms with van der Waals surface area (Å²) < 4.78 is 14.0. The van der Waals surface area contributed by atoms with Crippen LogP contribution in [0.5, 0.6) is 0 Å². The lowest BCUT2D eigenvalue weighted by atomic mass is 10.2. The number of aromatic nitrogens is 1. The van der Waals surface area contributed by atoms with Gasteiger partial charge in [-0.2, -0.15) is 0 Å². The number of rotatable bonds is 5. The Hall–Kier alpha value is -1.69. The van der Waals surface area contributed by atoms with E-state index in [-0.39, 0.29) is 17.3 Å². The van der Waals surface area contributed by atoms with Crippen molar-refractivity contribution in [2.24, 2.45) is 0 Å².